The number of aliphatic imine (C=N–C) groups is 1. The smallest absolute Gasteiger partial charge is 0.324 e. The van der Waals surface area contributed by atoms with Gasteiger partial charge in [-0.15, -0.1) is 0 Å². The summed E-state index contributed by atoms with van der Waals surface area (Å²) in [5, 5.41) is 31.9. The molecule has 1 aliphatic carbocycles. The largest absolute Gasteiger partial charge is 0.389 e. The highest BCUT2D eigenvalue weighted by atomic mass is 35.5. The number of rotatable bonds is 8. The molecule has 0 bridgehead atoms. The Morgan fingerprint density at radius 2 is 1.88 bits per heavy atom. The third kappa shape index (κ3) is 5.72. The first-order valence-corrected chi connectivity index (χ1v) is 14.7. The molecule has 3 unspecified atom stereocenters. The van der Waals surface area contributed by atoms with Gasteiger partial charge < -0.3 is 15.3 Å². The number of nitrogens with zero attached hydrogens (tertiary/aromatic N) is 4. The van der Waals surface area contributed by atoms with E-state index in [4.69, 9.17) is 11.6 Å². The van der Waals surface area contributed by atoms with E-state index in [2.05, 4.69) is 10.1 Å². The van der Waals surface area contributed by atoms with E-state index in [-0.39, 0.29) is 27.9 Å². The van der Waals surface area contributed by atoms with Gasteiger partial charge in [0.05, 0.1) is 18.1 Å². The van der Waals surface area contributed by atoms with Crippen LogP contribution in [-0.2, 0) is 15.9 Å². The molecular weight excluding hydrogens is 601 g/mol. The van der Waals surface area contributed by atoms with E-state index in [0.717, 1.165) is 29.2 Å². The van der Waals surface area contributed by atoms with Crippen molar-refractivity contribution in [1.82, 2.24) is 14.3 Å². The van der Waals surface area contributed by atoms with E-state index in [1.807, 2.05) is 0 Å². The number of sulfone groups is 1. The second-order valence-corrected chi connectivity index (χ2v) is 12.2. The van der Waals surface area contributed by atoms with Crippen molar-refractivity contribution in [3.8, 4) is 0 Å². The number of allylic oxidation sites excluding steroid dienone is 2. The SMILES string of the molecule is C/C=C/N=C(/C(F)=C/n1c(C)cc(C2C(C)C2c2c(F)cnn2C(O)(O)O)c(Cl)c1=O)c1cccc(S(C)(=O)=O)c1F. The first-order chi connectivity index (χ1) is 19.5. The third-order valence-electron chi connectivity index (χ3n) is 6.94. The average molecular weight is 627 g/mol. The lowest BCUT2D eigenvalue weighted by Gasteiger charge is -2.17. The zero-order chi connectivity index (χ0) is 31.3. The van der Waals surface area contributed by atoms with Gasteiger partial charge in [0.15, 0.2) is 27.3 Å². The highest BCUT2D eigenvalue weighted by molar-refractivity contribution is 7.90. The Labute approximate surface area is 243 Å². The Balaban J connectivity index is 1.79. The van der Waals surface area contributed by atoms with Crippen LogP contribution in [0.4, 0.5) is 13.2 Å². The summed E-state index contributed by atoms with van der Waals surface area (Å²) in [6.07, 6.45) is 1.38. The van der Waals surface area contributed by atoms with Gasteiger partial charge in [-0.25, -0.2) is 21.6 Å². The topological polar surface area (TPSA) is 147 Å². The quantitative estimate of drug-likeness (QED) is 0.256. The number of aromatic nitrogens is 3. The molecule has 0 spiro atoms. The Morgan fingerprint density at radius 3 is 2.48 bits per heavy atom. The molecule has 0 aliphatic heterocycles. The normalized spacial score (nSPS) is 20.0. The summed E-state index contributed by atoms with van der Waals surface area (Å²) in [6.45, 7) is 4.73. The molecule has 15 heteroatoms. The molecule has 1 fully saturated rings. The van der Waals surface area contributed by atoms with Crippen LogP contribution in [0.2, 0.25) is 5.02 Å². The number of aryl methyl sites for hydroxylation is 1. The fourth-order valence-electron chi connectivity index (χ4n) is 4.95. The molecule has 1 aliphatic rings. The summed E-state index contributed by atoms with van der Waals surface area (Å²) in [7, 11) is -3.99. The molecule has 2 heterocycles. The molecule has 0 radical (unpaired) electrons. The minimum absolute atomic E-state index is 0.179. The Morgan fingerprint density at radius 1 is 1.21 bits per heavy atom. The predicted octanol–water partition coefficient (Wildman–Crippen LogP) is 3.54. The van der Waals surface area contributed by atoms with Gasteiger partial charge in [0, 0.05) is 29.6 Å². The molecule has 224 valence electrons. The molecule has 0 amide bonds. The van der Waals surface area contributed by atoms with Gasteiger partial charge in [0.1, 0.15) is 15.6 Å². The van der Waals surface area contributed by atoms with Gasteiger partial charge in [-0.3, -0.25) is 14.4 Å². The Kier molecular flexibility index (Phi) is 8.41. The van der Waals surface area contributed by atoms with Crippen LogP contribution in [0.15, 0.2) is 63.2 Å². The second-order valence-electron chi connectivity index (χ2n) is 9.86. The number of benzene rings is 1. The van der Waals surface area contributed by atoms with E-state index in [1.54, 1.807) is 13.8 Å². The highest BCUT2D eigenvalue weighted by Gasteiger charge is 2.54. The molecular formula is C27H26ClF3N4O6S. The molecule has 3 N–H and O–H groups in total. The summed E-state index contributed by atoms with van der Waals surface area (Å²) in [6, 6.07) is 4.87. The van der Waals surface area contributed by atoms with Crippen molar-refractivity contribution in [2.24, 2.45) is 10.9 Å². The van der Waals surface area contributed by atoms with Crippen LogP contribution < -0.4 is 5.56 Å². The number of hydrogen-bond donors (Lipinski definition) is 3. The van der Waals surface area contributed by atoms with E-state index >= 15 is 8.78 Å². The highest BCUT2D eigenvalue weighted by Crippen LogP contribution is 2.61. The molecule has 10 nitrogen and oxygen atoms in total. The van der Waals surface area contributed by atoms with Gasteiger partial charge in [0.2, 0.25) is 0 Å². The van der Waals surface area contributed by atoms with Crippen LogP contribution in [-0.4, -0.2) is 50.1 Å². The van der Waals surface area contributed by atoms with Crippen LogP contribution in [0.3, 0.4) is 0 Å². The van der Waals surface area contributed by atoms with E-state index in [0.29, 0.717) is 10.9 Å². The summed E-state index contributed by atoms with van der Waals surface area (Å²) in [5.74, 6) is -5.03. The van der Waals surface area contributed by atoms with Crippen LogP contribution in [0.5, 0.6) is 0 Å². The van der Waals surface area contributed by atoms with Crippen LogP contribution >= 0.6 is 11.6 Å². The number of pyridine rings is 1. The second kappa shape index (κ2) is 11.3. The van der Waals surface area contributed by atoms with Crippen molar-refractivity contribution in [3.63, 3.8) is 0 Å². The molecule has 1 aromatic carbocycles. The van der Waals surface area contributed by atoms with Crippen molar-refractivity contribution in [2.75, 3.05) is 6.26 Å². The Bertz CT molecular complexity index is 1830. The lowest BCUT2D eigenvalue weighted by molar-refractivity contribution is -0.382. The molecule has 0 saturated heterocycles. The van der Waals surface area contributed by atoms with E-state index in [9.17, 15) is 32.9 Å². The fraction of sp³-hybridized carbons (Fsp3) is 0.296. The zero-order valence-corrected chi connectivity index (χ0v) is 24.2. The van der Waals surface area contributed by atoms with Gasteiger partial charge in [-0.05, 0) is 49.4 Å². The first kappa shape index (κ1) is 31.4. The van der Waals surface area contributed by atoms with Crippen molar-refractivity contribution in [2.45, 2.75) is 43.6 Å². The molecule has 3 atom stereocenters. The van der Waals surface area contributed by atoms with E-state index < -0.39 is 67.0 Å². The number of halogens is 4. The molecule has 42 heavy (non-hydrogen) atoms. The maximum absolute atomic E-state index is 15.7. The summed E-state index contributed by atoms with van der Waals surface area (Å²) < 4.78 is 70.6. The lowest BCUT2D eigenvalue weighted by Crippen LogP contribution is -2.35. The number of hydrogen-bond acceptors (Lipinski definition) is 8. The summed E-state index contributed by atoms with van der Waals surface area (Å²) in [5.41, 5.74) is -1.78. The predicted molar refractivity (Wildman–Crippen MR) is 148 cm³/mol. The van der Waals surface area contributed by atoms with Crippen molar-refractivity contribution < 1.29 is 36.9 Å². The molecule has 1 saturated carbocycles. The van der Waals surface area contributed by atoms with Crippen molar-refractivity contribution in [1.29, 1.82) is 0 Å². The maximum atomic E-state index is 15.7. The van der Waals surface area contributed by atoms with E-state index in [1.165, 1.54) is 31.3 Å². The molecule has 4 rings (SSSR count). The average Bonchev–Trinajstić information content (AvgIpc) is 3.37. The van der Waals surface area contributed by atoms with Crippen LogP contribution in [0.1, 0.15) is 48.2 Å². The maximum Gasteiger partial charge on any atom is 0.389 e. The van der Waals surface area contributed by atoms with Gasteiger partial charge in [0.25, 0.3) is 5.56 Å². The number of aliphatic hydroxyl groups is 3. The lowest BCUT2D eigenvalue weighted by atomic mass is 10.1. The van der Waals surface area contributed by atoms with Crippen molar-refractivity contribution >= 4 is 33.3 Å². The fourth-order valence-corrected chi connectivity index (χ4v) is 5.98. The van der Waals surface area contributed by atoms with Crippen molar-refractivity contribution in [3.05, 3.63) is 98.1 Å². The van der Waals surface area contributed by atoms with Crippen LogP contribution in [0.25, 0.3) is 6.20 Å². The third-order valence-corrected chi connectivity index (χ3v) is 8.44. The monoisotopic (exact) mass is 626 g/mol. The minimum Gasteiger partial charge on any atom is -0.324 e. The zero-order valence-electron chi connectivity index (χ0n) is 22.6. The van der Waals surface area contributed by atoms with Gasteiger partial charge in [-0.2, -0.15) is 9.78 Å². The summed E-state index contributed by atoms with van der Waals surface area (Å²) >= 11 is 6.41. The molecule has 2 aromatic heterocycles. The summed E-state index contributed by atoms with van der Waals surface area (Å²) in [4.78, 5) is 16.6. The minimum atomic E-state index is -3.99. The van der Waals surface area contributed by atoms with Gasteiger partial charge in [-0.1, -0.05) is 30.7 Å². The Hall–Kier alpha value is -3.56. The van der Waals surface area contributed by atoms with Crippen LogP contribution in [0, 0.1) is 24.5 Å². The van der Waals surface area contributed by atoms with Gasteiger partial charge >= 0.3 is 6.10 Å². The molecule has 3 aromatic rings. The first-order valence-electron chi connectivity index (χ1n) is 12.4. The standard InChI is InChI=1S/C27H26ClF3N4O6S/c1-5-9-32-24(15-7-6-8-19(23(15)31)42(4,40)41)18(30)12-34-13(2)10-16(22(28)26(34)36)20-14(3)21(20)25-17(29)11-33-35(25)27(37,38)39/h5-12,14,20-21,37-39H,1-4H3/b9-5+,18-12-,32-24+.